The highest BCUT2D eigenvalue weighted by Gasteiger charge is 1.83. The lowest BCUT2D eigenvalue weighted by molar-refractivity contribution is 1.32. The number of nitrogens with zero attached hydrogens (tertiary/aromatic N) is 1. The minimum absolute atomic E-state index is 0.750. The summed E-state index contributed by atoms with van der Waals surface area (Å²) in [5.41, 5.74) is 1.21. The first-order chi connectivity index (χ1) is 5.43. The van der Waals surface area contributed by atoms with Crippen LogP contribution in [0.2, 0.25) is 0 Å². The van der Waals surface area contributed by atoms with Gasteiger partial charge in [0.05, 0.1) is 0 Å². The van der Waals surface area contributed by atoms with Crippen LogP contribution in [0.1, 0.15) is 5.56 Å². The molecule has 0 N–H and O–H groups in total. The summed E-state index contributed by atoms with van der Waals surface area (Å²) >= 11 is 0. The molecule has 54 valence electrons. The second-order valence-corrected chi connectivity index (χ2v) is 2.11. The van der Waals surface area contributed by atoms with Crippen LogP contribution in [-0.4, -0.2) is 6.72 Å². The van der Waals surface area contributed by atoms with Gasteiger partial charge in [0, 0.05) is 19.2 Å². The van der Waals surface area contributed by atoms with E-state index in [4.69, 9.17) is 0 Å². The Labute approximate surface area is 66.8 Å². The molecule has 1 nitrogen and oxygen atoms in total. The van der Waals surface area contributed by atoms with Gasteiger partial charge in [-0.3, -0.25) is 0 Å². The van der Waals surface area contributed by atoms with Crippen molar-refractivity contribution in [3.63, 3.8) is 0 Å². The summed E-state index contributed by atoms with van der Waals surface area (Å²) in [4.78, 5) is 3.44. The average Bonchev–Trinajstić information content (AvgIpc) is 2.07. The fourth-order valence-corrected chi connectivity index (χ4v) is 0.793. The summed E-state index contributed by atoms with van der Waals surface area (Å²) in [6.07, 6.45) is 0.750. The largest absolute Gasteiger partial charge is 0.214 e. The number of rotatable bonds is 1. The zero-order valence-electron chi connectivity index (χ0n) is 6.25. The molecule has 0 amide bonds. The Bertz CT molecular complexity index is 277. The number of benzene rings is 1. The van der Waals surface area contributed by atoms with E-state index in [0.717, 1.165) is 6.42 Å². The predicted octanol–water partition coefficient (Wildman–Crippen LogP) is 1.89. The minimum atomic E-state index is 0.750. The van der Waals surface area contributed by atoms with Crippen molar-refractivity contribution in [3.05, 3.63) is 35.9 Å². The van der Waals surface area contributed by atoms with Crippen LogP contribution in [0.5, 0.6) is 0 Å². The van der Waals surface area contributed by atoms with Gasteiger partial charge < -0.3 is 0 Å². The molecule has 1 rings (SSSR count). The van der Waals surface area contributed by atoms with Gasteiger partial charge in [-0.1, -0.05) is 36.3 Å². The van der Waals surface area contributed by atoms with E-state index in [0.29, 0.717) is 0 Å². The van der Waals surface area contributed by atoms with Gasteiger partial charge in [0.25, 0.3) is 0 Å². The molecule has 0 heterocycles. The van der Waals surface area contributed by atoms with Crippen molar-refractivity contribution in [3.8, 4) is 12.0 Å². The third-order valence-electron chi connectivity index (χ3n) is 1.29. The lowest BCUT2D eigenvalue weighted by Crippen LogP contribution is -1.77. The molecule has 1 aromatic carbocycles. The molecule has 0 radical (unpaired) electrons. The molecule has 0 aliphatic carbocycles. The average molecular weight is 143 g/mol. The van der Waals surface area contributed by atoms with E-state index in [1.54, 1.807) is 0 Å². The van der Waals surface area contributed by atoms with Crippen LogP contribution in [-0.2, 0) is 6.42 Å². The molecule has 0 fully saturated rings. The highest BCUT2D eigenvalue weighted by atomic mass is 14.6. The van der Waals surface area contributed by atoms with Crippen molar-refractivity contribution in [2.45, 2.75) is 6.42 Å². The van der Waals surface area contributed by atoms with Gasteiger partial charge in [0.15, 0.2) is 0 Å². The minimum Gasteiger partial charge on any atom is -0.214 e. The van der Waals surface area contributed by atoms with Crippen molar-refractivity contribution < 1.29 is 0 Å². The first-order valence-corrected chi connectivity index (χ1v) is 3.41. The van der Waals surface area contributed by atoms with E-state index < -0.39 is 0 Å². The molecular formula is C10H9N. The fraction of sp³-hybridized carbons (Fsp3) is 0.100. The Balaban J connectivity index is 2.58. The van der Waals surface area contributed by atoms with E-state index in [-0.39, 0.29) is 0 Å². The molecule has 0 aliphatic heterocycles. The summed E-state index contributed by atoms with van der Waals surface area (Å²) in [7, 11) is 0. The van der Waals surface area contributed by atoms with Gasteiger partial charge in [0.1, 0.15) is 0 Å². The number of hydrogen-bond donors (Lipinski definition) is 0. The third kappa shape index (κ3) is 2.68. The quantitative estimate of drug-likeness (QED) is 0.420. The molecular weight excluding hydrogens is 134 g/mol. The van der Waals surface area contributed by atoms with Crippen molar-refractivity contribution in [2.24, 2.45) is 4.99 Å². The molecule has 0 aromatic heterocycles. The van der Waals surface area contributed by atoms with Crippen LogP contribution in [0, 0.1) is 12.0 Å². The highest BCUT2D eigenvalue weighted by molar-refractivity contribution is 5.29. The van der Waals surface area contributed by atoms with Crippen LogP contribution in [0.15, 0.2) is 35.3 Å². The van der Waals surface area contributed by atoms with Crippen LogP contribution in [0.3, 0.4) is 0 Å². The molecule has 0 saturated heterocycles. The Morgan fingerprint density at radius 2 is 2.00 bits per heavy atom. The van der Waals surface area contributed by atoms with Crippen molar-refractivity contribution in [1.82, 2.24) is 0 Å². The van der Waals surface area contributed by atoms with Crippen LogP contribution in [0.25, 0.3) is 0 Å². The second-order valence-electron chi connectivity index (χ2n) is 2.11. The second kappa shape index (κ2) is 4.29. The van der Waals surface area contributed by atoms with Crippen LogP contribution >= 0.6 is 0 Å². The summed E-state index contributed by atoms with van der Waals surface area (Å²) in [6.45, 7) is 3.27. The molecule has 11 heavy (non-hydrogen) atoms. The van der Waals surface area contributed by atoms with E-state index in [1.807, 2.05) is 30.3 Å². The Morgan fingerprint density at radius 3 is 2.64 bits per heavy atom. The first-order valence-electron chi connectivity index (χ1n) is 3.41. The summed E-state index contributed by atoms with van der Waals surface area (Å²) in [5.74, 6) is 2.87. The maximum Gasteiger partial charge on any atom is 0.0359 e. The smallest absolute Gasteiger partial charge is 0.0359 e. The maximum absolute atomic E-state index is 3.44. The van der Waals surface area contributed by atoms with Crippen LogP contribution in [0.4, 0.5) is 0 Å². The molecule has 0 atom stereocenters. The number of aliphatic imine (C=N–C) groups is 1. The Kier molecular flexibility index (Phi) is 2.95. The van der Waals surface area contributed by atoms with Gasteiger partial charge in [-0.2, -0.15) is 0 Å². The Hall–Kier alpha value is -1.55. The van der Waals surface area contributed by atoms with Gasteiger partial charge in [-0.25, -0.2) is 4.99 Å². The van der Waals surface area contributed by atoms with E-state index in [1.165, 1.54) is 5.56 Å². The predicted molar refractivity (Wildman–Crippen MR) is 47.5 cm³/mol. The monoisotopic (exact) mass is 143 g/mol. The normalized spacial score (nSPS) is 8.00. The SMILES string of the molecule is C=NC#CCc1ccccc1. The third-order valence-corrected chi connectivity index (χ3v) is 1.29. The van der Waals surface area contributed by atoms with E-state index in [2.05, 4.69) is 23.7 Å². The van der Waals surface area contributed by atoms with Gasteiger partial charge in [-0.05, 0) is 5.56 Å². The number of hydrogen-bond acceptors (Lipinski definition) is 1. The van der Waals surface area contributed by atoms with Gasteiger partial charge in [0.2, 0.25) is 0 Å². The van der Waals surface area contributed by atoms with Gasteiger partial charge >= 0.3 is 0 Å². The van der Waals surface area contributed by atoms with Crippen molar-refractivity contribution in [2.75, 3.05) is 0 Å². The molecule has 0 aliphatic rings. The van der Waals surface area contributed by atoms with E-state index in [9.17, 15) is 0 Å². The van der Waals surface area contributed by atoms with Crippen molar-refractivity contribution >= 4 is 6.72 Å². The Morgan fingerprint density at radius 1 is 1.27 bits per heavy atom. The zero-order valence-corrected chi connectivity index (χ0v) is 6.25. The summed E-state index contributed by atoms with van der Waals surface area (Å²) < 4.78 is 0. The molecule has 1 heteroatoms. The molecule has 0 bridgehead atoms. The lowest BCUT2D eigenvalue weighted by Gasteiger charge is -1.89. The van der Waals surface area contributed by atoms with E-state index >= 15 is 0 Å². The maximum atomic E-state index is 3.44. The van der Waals surface area contributed by atoms with Crippen LogP contribution < -0.4 is 0 Å². The zero-order chi connectivity index (χ0) is 7.94. The molecule has 0 spiro atoms. The molecule has 1 aromatic rings. The lowest BCUT2D eigenvalue weighted by atomic mass is 10.2. The molecule has 0 unspecified atom stereocenters. The topological polar surface area (TPSA) is 12.4 Å². The summed E-state index contributed by atoms with van der Waals surface area (Å²) in [5, 5.41) is 0. The highest BCUT2D eigenvalue weighted by Crippen LogP contribution is 1.97. The first kappa shape index (κ1) is 7.56. The molecule has 0 saturated carbocycles. The summed E-state index contributed by atoms with van der Waals surface area (Å²) in [6, 6.07) is 12.6. The fourth-order valence-electron chi connectivity index (χ4n) is 0.793. The van der Waals surface area contributed by atoms with Crippen molar-refractivity contribution in [1.29, 1.82) is 0 Å². The van der Waals surface area contributed by atoms with Gasteiger partial charge in [-0.15, -0.1) is 0 Å². The standard InChI is InChI=1S/C10H9N/c1-11-9-5-8-10-6-3-2-4-7-10/h2-4,6-7H,1,8H2.